The number of benzene rings is 1. The highest BCUT2D eigenvalue weighted by atomic mass is 16.7. The summed E-state index contributed by atoms with van der Waals surface area (Å²) in [6, 6.07) is 9.30. The van der Waals surface area contributed by atoms with Gasteiger partial charge in [-0.3, -0.25) is 9.63 Å². The summed E-state index contributed by atoms with van der Waals surface area (Å²) in [5, 5.41) is 10.8. The average molecular weight is 249 g/mol. The molecule has 5 nitrogen and oxygen atoms in total. The van der Waals surface area contributed by atoms with E-state index in [0.29, 0.717) is 6.42 Å². The number of hydroxylamine groups is 2. The van der Waals surface area contributed by atoms with E-state index in [1.165, 1.54) is 0 Å². The molecule has 0 spiro atoms. The number of esters is 1. The van der Waals surface area contributed by atoms with E-state index in [0.717, 1.165) is 5.56 Å². The zero-order valence-corrected chi connectivity index (χ0v) is 9.86. The van der Waals surface area contributed by atoms with Crippen molar-refractivity contribution in [3.05, 3.63) is 35.9 Å². The maximum absolute atomic E-state index is 11.7. The minimum atomic E-state index is -0.402. The third kappa shape index (κ3) is 1.90. The quantitative estimate of drug-likeness (QED) is 0.780. The fraction of sp³-hybridized carbons (Fsp3) is 0.462. The fourth-order valence-corrected chi connectivity index (χ4v) is 2.49. The van der Waals surface area contributed by atoms with Crippen LogP contribution in [0.1, 0.15) is 18.0 Å². The lowest BCUT2D eigenvalue weighted by Crippen LogP contribution is -2.46. The van der Waals surface area contributed by atoms with Crippen LogP contribution in [0, 0.1) is 0 Å². The Labute approximate surface area is 105 Å². The Kier molecular flexibility index (Phi) is 3.03. The standard InChI is InChI=1S/C13H15NO4/c15-7-10-6-11-13(16)17-8-12(14(11)18-10)9-4-2-1-3-5-9/h1-5,10-12,15H,6-8H2/t10-,11-,12+/m1/s1. The smallest absolute Gasteiger partial charge is 0.325 e. The molecule has 1 N–H and O–H groups in total. The van der Waals surface area contributed by atoms with E-state index in [2.05, 4.69) is 0 Å². The molecule has 1 aromatic carbocycles. The molecule has 0 saturated carbocycles. The van der Waals surface area contributed by atoms with Gasteiger partial charge in [0.1, 0.15) is 18.8 Å². The second-order valence-corrected chi connectivity index (χ2v) is 4.58. The number of hydrogen-bond donors (Lipinski definition) is 1. The molecule has 2 aliphatic rings. The summed E-state index contributed by atoms with van der Waals surface area (Å²) in [5.74, 6) is -0.266. The van der Waals surface area contributed by atoms with E-state index in [1.807, 2.05) is 30.3 Å². The van der Waals surface area contributed by atoms with Crippen LogP contribution >= 0.6 is 0 Å². The maximum atomic E-state index is 11.7. The maximum Gasteiger partial charge on any atom is 0.325 e. The van der Waals surface area contributed by atoms with Crippen molar-refractivity contribution in [3.63, 3.8) is 0 Å². The van der Waals surface area contributed by atoms with Crippen molar-refractivity contribution in [3.8, 4) is 0 Å². The van der Waals surface area contributed by atoms with Crippen LogP contribution in [0.25, 0.3) is 0 Å². The largest absolute Gasteiger partial charge is 0.462 e. The number of cyclic esters (lactones) is 1. The van der Waals surface area contributed by atoms with Crippen molar-refractivity contribution in [2.75, 3.05) is 13.2 Å². The second kappa shape index (κ2) is 4.68. The van der Waals surface area contributed by atoms with Crippen LogP contribution in [-0.2, 0) is 14.4 Å². The molecule has 2 fully saturated rings. The third-order valence-electron chi connectivity index (χ3n) is 3.41. The van der Waals surface area contributed by atoms with Crippen molar-refractivity contribution in [1.82, 2.24) is 5.06 Å². The van der Waals surface area contributed by atoms with Gasteiger partial charge in [-0.25, -0.2) is 0 Å². The predicted octanol–water partition coefficient (Wildman–Crippen LogP) is 0.651. The van der Waals surface area contributed by atoms with Crippen molar-refractivity contribution >= 4 is 5.97 Å². The first-order chi connectivity index (χ1) is 8.79. The minimum Gasteiger partial charge on any atom is -0.462 e. The Hall–Kier alpha value is -1.43. The van der Waals surface area contributed by atoms with Gasteiger partial charge in [-0.1, -0.05) is 30.3 Å². The summed E-state index contributed by atoms with van der Waals surface area (Å²) in [6.45, 7) is 0.208. The number of nitrogens with zero attached hydrogens (tertiary/aromatic N) is 1. The Morgan fingerprint density at radius 3 is 2.78 bits per heavy atom. The molecule has 2 aliphatic heterocycles. The predicted molar refractivity (Wildman–Crippen MR) is 62.3 cm³/mol. The molecule has 0 bridgehead atoms. The Balaban J connectivity index is 1.86. The van der Waals surface area contributed by atoms with Crippen molar-refractivity contribution < 1.29 is 19.5 Å². The molecule has 0 aromatic heterocycles. The third-order valence-corrected chi connectivity index (χ3v) is 3.41. The first-order valence-electron chi connectivity index (χ1n) is 6.07. The first kappa shape index (κ1) is 11.6. The van der Waals surface area contributed by atoms with Crippen LogP contribution < -0.4 is 0 Å². The van der Waals surface area contributed by atoms with E-state index < -0.39 is 6.04 Å². The fourth-order valence-electron chi connectivity index (χ4n) is 2.49. The summed E-state index contributed by atoms with van der Waals surface area (Å²) < 4.78 is 5.21. The van der Waals surface area contributed by atoms with Gasteiger partial charge in [0.2, 0.25) is 0 Å². The molecule has 18 heavy (non-hydrogen) atoms. The van der Waals surface area contributed by atoms with Crippen LogP contribution in [0.4, 0.5) is 0 Å². The number of hydrogen-bond acceptors (Lipinski definition) is 5. The zero-order valence-electron chi connectivity index (χ0n) is 9.86. The van der Waals surface area contributed by atoms with Crippen LogP contribution in [0.5, 0.6) is 0 Å². The Bertz CT molecular complexity index is 436. The van der Waals surface area contributed by atoms with Gasteiger partial charge in [-0.15, -0.1) is 0 Å². The van der Waals surface area contributed by atoms with E-state index >= 15 is 0 Å². The highest BCUT2D eigenvalue weighted by molar-refractivity contribution is 5.76. The van der Waals surface area contributed by atoms with Crippen LogP contribution in [0.15, 0.2) is 30.3 Å². The number of fused-ring (bicyclic) bond motifs is 1. The lowest BCUT2D eigenvalue weighted by atomic mass is 10.0. The Morgan fingerprint density at radius 1 is 1.28 bits per heavy atom. The molecule has 5 heteroatoms. The van der Waals surface area contributed by atoms with Gasteiger partial charge < -0.3 is 9.84 Å². The van der Waals surface area contributed by atoms with Crippen molar-refractivity contribution in [2.24, 2.45) is 0 Å². The summed E-state index contributed by atoms with van der Waals surface area (Å²) in [6.07, 6.45) is 0.172. The SMILES string of the molecule is O=C1OC[C@@H](c2ccccc2)N2O[C@@H](CO)C[C@H]12. The topological polar surface area (TPSA) is 59.0 Å². The van der Waals surface area contributed by atoms with Crippen LogP contribution in [0.3, 0.4) is 0 Å². The lowest BCUT2D eigenvalue weighted by Gasteiger charge is -2.34. The molecular weight excluding hydrogens is 234 g/mol. The van der Waals surface area contributed by atoms with E-state index in [1.54, 1.807) is 5.06 Å². The van der Waals surface area contributed by atoms with E-state index in [9.17, 15) is 4.79 Å². The van der Waals surface area contributed by atoms with Crippen molar-refractivity contribution in [2.45, 2.75) is 24.6 Å². The molecule has 0 unspecified atom stereocenters. The molecular formula is C13H15NO4. The molecule has 96 valence electrons. The molecule has 2 heterocycles. The number of carbonyl (C=O) groups excluding carboxylic acids is 1. The first-order valence-corrected chi connectivity index (χ1v) is 6.07. The lowest BCUT2D eigenvalue weighted by molar-refractivity contribution is -0.230. The van der Waals surface area contributed by atoms with Gasteiger partial charge in [-0.05, 0) is 5.56 Å². The number of carbonyl (C=O) groups is 1. The molecule has 3 atom stereocenters. The molecule has 2 saturated heterocycles. The number of morpholine rings is 1. The summed E-state index contributed by atoms with van der Waals surface area (Å²) in [5.41, 5.74) is 1.05. The number of aliphatic hydroxyl groups is 1. The number of ether oxygens (including phenoxy) is 1. The molecule has 0 aliphatic carbocycles. The van der Waals surface area contributed by atoms with Crippen LogP contribution in [-0.4, -0.2) is 41.5 Å². The minimum absolute atomic E-state index is 0.0816. The second-order valence-electron chi connectivity index (χ2n) is 4.58. The molecule has 0 radical (unpaired) electrons. The average Bonchev–Trinajstić information content (AvgIpc) is 2.85. The van der Waals surface area contributed by atoms with Gasteiger partial charge >= 0.3 is 5.97 Å². The van der Waals surface area contributed by atoms with Crippen LogP contribution in [0.2, 0.25) is 0 Å². The number of rotatable bonds is 2. The summed E-state index contributed by atoms with van der Waals surface area (Å²) in [4.78, 5) is 17.3. The Morgan fingerprint density at radius 2 is 2.06 bits per heavy atom. The van der Waals surface area contributed by atoms with Gasteiger partial charge in [-0.2, -0.15) is 5.06 Å². The van der Waals surface area contributed by atoms with Crippen molar-refractivity contribution in [1.29, 1.82) is 0 Å². The summed E-state index contributed by atoms with van der Waals surface area (Å²) in [7, 11) is 0. The highest BCUT2D eigenvalue weighted by Gasteiger charge is 2.46. The van der Waals surface area contributed by atoms with Gasteiger partial charge in [0.25, 0.3) is 0 Å². The summed E-state index contributed by atoms with van der Waals surface area (Å²) >= 11 is 0. The number of aliphatic hydroxyl groups excluding tert-OH is 1. The molecule has 3 rings (SSSR count). The molecule has 1 aromatic rings. The molecule has 0 amide bonds. The zero-order chi connectivity index (χ0) is 12.5. The monoisotopic (exact) mass is 249 g/mol. The van der Waals surface area contributed by atoms with E-state index in [-0.39, 0.29) is 31.3 Å². The van der Waals surface area contributed by atoms with Gasteiger partial charge in [0, 0.05) is 6.42 Å². The highest BCUT2D eigenvalue weighted by Crippen LogP contribution is 2.35. The van der Waals surface area contributed by atoms with E-state index in [4.69, 9.17) is 14.7 Å². The normalized spacial score (nSPS) is 32.1. The van der Waals surface area contributed by atoms with Gasteiger partial charge in [0.05, 0.1) is 12.6 Å². The van der Waals surface area contributed by atoms with Gasteiger partial charge in [0.15, 0.2) is 0 Å².